The van der Waals surface area contributed by atoms with Crippen molar-refractivity contribution in [1.29, 1.82) is 0 Å². The standard InChI is InChI=1S/C22H30O4/c1-13-6-7-15-19-16-14(12-25-19)17(23)18(24)20(16)26-22(15,4)10-5-9-21(2,3)11-8-13/h5,8-9,14-16,19,24H,6-7,10-12H2,1-4H3/b9-5+,13-8+/t14-,15-,16-,19-,22?/m0/s1. The number of carbonyl (C=O) groups is 1. The number of hydrogen-bond donors (Lipinski definition) is 1. The van der Waals surface area contributed by atoms with E-state index in [1.165, 1.54) is 5.57 Å². The largest absolute Gasteiger partial charge is 0.502 e. The van der Waals surface area contributed by atoms with Crippen molar-refractivity contribution in [1.82, 2.24) is 0 Å². The first-order chi connectivity index (χ1) is 12.2. The molecule has 0 bridgehead atoms. The molecule has 2 saturated heterocycles. The van der Waals surface area contributed by atoms with Crippen LogP contribution in [0.15, 0.2) is 35.3 Å². The van der Waals surface area contributed by atoms with Crippen molar-refractivity contribution in [3.05, 3.63) is 35.3 Å². The number of hydrogen-bond acceptors (Lipinski definition) is 4. The minimum absolute atomic E-state index is 0.0442. The number of rotatable bonds is 0. The highest BCUT2D eigenvalue weighted by Gasteiger charge is 2.61. The molecular formula is C22H30O4. The van der Waals surface area contributed by atoms with Gasteiger partial charge in [0, 0.05) is 12.3 Å². The van der Waals surface area contributed by atoms with Crippen LogP contribution in [0.25, 0.3) is 0 Å². The lowest BCUT2D eigenvalue weighted by Crippen LogP contribution is -2.51. The molecular weight excluding hydrogens is 328 g/mol. The van der Waals surface area contributed by atoms with Crippen LogP contribution in [-0.2, 0) is 14.3 Å². The maximum atomic E-state index is 12.4. The highest BCUT2D eigenvalue weighted by molar-refractivity contribution is 5.99. The Balaban J connectivity index is 1.73. The fourth-order valence-corrected chi connectivity index (χ4v) is 5.10. The minimum atomic E-state index is -0.471. The summed E-state index contributed by atoms with van der Waals surface area (Å²) < 4.78 is 12.5. The number of aliphatic hydroxyl groups is 1. The molecule has 0 aromatic rings. The van der Waals surface area contributed by atoms with E-state index in [1.807, 2.05) is 0 Å². The molecule has 142 valence electrons. The maximum absolute atomic E-state index is 12.4. The summed E-state index contributed by atoms with van der Waals surface area (Å²) in [5.74, 6) is -0.0449. The van der Waals surface area contributed by atoms with Crippen LogP contribution >= 0.6 is 0 Å². The van der Waals surface area contributed by atoms with E-state index in [0.717, 1.165) is 25.7 Å². The van der Waals surface area contributed by atoms with Crippen molar-refractivity contribution >= 4 is 5.78 Å². The molecule has 2 heterocycles. The van der Waals surface area contributed by atoms with E-state index < -0.39 is 5.60 Å². The van der Waals surface area contributed by atoms with E-state index in [4.69, 9.17) is 9.47 Å². The second-order valence-corrected chi connectivity index (χ2v) is 9.42. The van der Waals surface area contributed by atoms with Gasteiger partial charge in [-0.25, -0.2) is 0 Å². The fraction of sp³-hybridized carbons (Fsp3) is 0.682. The van der Waals surface area contributed by atoms with Crippen molar-refractivity contribution in [2.24, 2.45) is 23.2 Å². The maximum Gasteiger partial charge on any atom is 0.206 e. The zero-order chi connectivity index (χ0) is 18.7. The average Bonchev–Trinajstić information content (AvgIpc) is 3.09. The smallest absolute Gasteiger partial charge is 0.206 e. The van der Waals surface area contributed by atoms with Crippen LogP contribution in [0.2, 0.25) is 0 Å². The average molecular weight is 358 g/mol. The molecule has 4 nitrogen and oxygen atoms in total. The Bertz CT molecular complexity index is 714. The third-order valence-corrected chi connectivity index (χ3v) is 6.80. The van der Waals surface area contributed by atoms with Crippen LogP contribution in [0.4, 0.5) is 0 Å². The van der Waals surface area contributed by atoms with Gasteiger partial charge in [0.05, 0.1) is 24.5 Å². The Labute approximate surface area is 155 Å². The summed E-state index contributed by atoms with van der Waals surface area (Å²) in [6.45, 7) is 9.21. The molecule has 1 unspecified atom stereocenters. The monoisotopic (exact) mass is 358 g/mol. The van der Waals surface area contributed by atoms with Crippen LogP contribution in [0.3, 0.4) is 0 Å². The number of carbonyl (C=O) groups excluding carboxylic acids is 1. The number of fused-ring (bicyclic) bond motifs is 2. The Morgan fingerprint density at radius 3 is 2.77 bits per heavy atom. The van der Waals surface area contributed by atoms with E-state index in [0.29, 0.717) is 12.4 Å². The molecule has 0 aromatic carbocycles. The van der Waals surface area contributed by atoms with Gasteiger partial charge in [-0.15, -0.1) is 0 Å². The van der Waals surface area contributed by atoms with Crippen molar-refractivity contribution in [2.75, 3.05) is 6.61 Å². The summed E-state index contributed by atoms with van der Waals surface area (Å²) in [5.41, 5.74) is 1.03. The Morgan fingerprint density at radius 1 is 1.23 bits per heavy atom. The zero-order valence-corrected chi connectivity index (χ0v) is 16.2. The number of Topliss-reactive ketones (excluding diaryl/α,β-unsaturated/α-hetero) is 1. The van der Waals surface area contributed by atoms with Gasteiger partial charge in [-0.3, -0.25) is 4.79 Å². The molecule has 0 saturated carbocycles. The summed E-state index contributed by atoms with van der Waals surface area (Å²) in [7, 11) is 0. The molecule has 4 aliphatic rings. The molecule has 0 radical (unpaired) electrons. The number of ketones is 1. The van der Waals surface area contributed by atoms with Crippen molar-refractivity contribution in [3.63, 3.8) is 0 Å². The molecule has 0 aromatic heterocycles. The van der Waals surface area contributed by atoms with Crippen LogP contribution < -0.4 is 0 Å². The van der Waals surface area contributed by atoms with E-state index in [9.17, 15) is 9.90 Å². The van der Waals surface area contributed by atoms with E-state index in [1.54, 1.807) is 0 Å². The quantitative estimate of drug-likeness (QED) is 0.649. The van der Waals surface area contributed by atoms with E-state index in [-0.39, 0.29) is 40.8 Å². The first-order valence-corrected chi connectivity index (χ1v) is 9.83. The van der Waals surface area contributed by atoms with Gasteiger partial charge < -0.3 is 14.6 Å². The molecule has 2 fully saturated rings. The SMILES string of the molecule is C/C1=C\CC(C)(C)/C=C/CC2(C)OC3=C(O)C(=O)[C@H]4CO[C@H]([C@@H]34)[C@@H]2CC1. The summed E-state index contributed by atoms with van der Waals surface area (Å²) in [4.78, 5) is 12.4. The van der Waals surface area contributed by atoms with Crippen LogP contribution in [0, 0.1) is 23.2 Å². The molecule has 4 rings (SSSR count). The Hall–Kier alpha value is -1.55. The predicted octanol–water partition coefficient (Wildman–Crippen LogP) is 4.48. The molecule has 1 N–H and O–H groups in total. The van der Waals surface area contributed by atoms with Gasteiger partial charge in [-0.1, -0.05) is 37.6 Å². The van der Waals surface area contributed by atoms with Gasteiger partial charge in [-0.05, 0) is 38.5 Å². The molecule has 0 spiro atoms. The Morgan fingerprint density at radius 2 is 2.00 bits per heavy atom. The normalized spacial score (nSPS) is 45.1. The van der Waals surface area contributed by atoms with Crippen LogP contribution in [-0.4, -0.2) is 29.2 Å². The highest BCUT2D eigenvalue weighted by atomic mass is 16.5. The van der Waals surface area contributed by atoms with Crippen molar-refractivity contribution in [3.8, 4) is 0 Å². The fourth-order valence-electron chi connectivity index (χ4n) is 5.10. The summed E-state index contributed by atoms with van der Waals surface area (Å²) in [6, 6.07) is 0. The minimum Gasteiger partial charge on any atom is -0.502 e. The van der Waals surface area contributed by atoms with Gasteiger partial charge in [0.2, 0.25) is 5.78 Å². The number of ether oxygens (including phenoxy) is 2. The van der Waals surface area contributed by atoms with Crippen molar-refractivity contribution < 1.29 is 19.4 Å². The summed E-state index contributed by atoms with van der Waals surface area (Å²) in [5, 5.41) is 10.3. The van der Waals surface area contributed by atoms with Gasteiger partial charge in [0.1, 0.15) is 11.4 Å². The third kappa shape index (κ3) is 2.74. The molecule has 26 heavy (non-hydrogen) atoms. The number of aliphatic hydroxyl groups excluding tert-OH is 1. The highest BCUT2D eigenvalue weighted by Crippen LogP contribution is 2.54. The summed E-state index contributed by atoms with van der Waals surface area (Å²) in [6.07, 6.45) is 10.6. The molecule has 0 amide bonds. The lowest BCUT2D eigenvalue weighted by atomic mass is 9.71. The first-order valence-electron chi connectivity index (χ1n) is 9.83. The van der Waals surface area contributed by atoms with E-state index in [2.05, 4.69) is 45.9 Å². The lowest BCUT2D eigenvalue weighted by Gasteiger charge is -2.47. The number of allylic oxidation sites excluding steroid dienone is 4. The predicted molar refractivity (Wildman–Crippen MR) is 99.5 cm³/mol. The molecule has 2 aliphatic carbocycles. The second-order valence-electron chi connectivity index (χ2n) is 9.42. The zero-order valence-electron chi connectivity index (χ0n) is 16.2. The van der Waals surface area contributed by atoms with Gasteiger partial charge in [0.25, 0.3) is 0 Å². The lowest BCUT2D eigenvalue weighted by molar-refractivity contribution is -0.139. The van der Waals surface area contributed by atoms with Gasteiger partial charge >= 0.3 is 0 Å². The molecule has 5 atom stereocenters. The topological polar surface area (TPSA) is 55.8 Å². The molecule has 2 aliphatic heterocycles. The van der Waals surface area contributed by atoms with Crippen LogP contribution in [0.1, 0.15) is 53.4 Å². The van der Waals surface area contributed by atoms with Crippen molar-refractivity contribution in [2.45, 2.75) is 65.1 Å². The second kappa shape index (κ2) is 5.98. The van der Waals surface area contributed by atoms with Crippen LogP contribution in [0.5, 0.6) is 0 Å². The van der Waals surface area contributed by atoms with Gasteiger partial charge in [0.15, 0.2) is 5.76 Å². The first kappa shape index (κ1) is 17.8. The van der Waals surface area contributed by atoms with E-state index >= 15 is 0 Å². The third-order valence-electron chi connectivity index (χ3n) is 6.80. The summed E-state index contributed by atoms with van der Waals surface area (Å²) >= 11 is 0. The molecule has 4 heteroatoms. The van der Waals surface area contributed by atoms with Gasteiger partial charge in [-0.2, -0.15) is 0 Å². The Kier molecular flexibility index (Phi) is 4.11.